The third-order valence-electron chi connectivity index (χ3n) is 3.83. The number of aliphatic hydroxyl groups excluding tert-OH is 1. The zero-order valence-electron chi connectivity index (χ0n) is 10.0. The van der Waals surface area contributed by atoms with Crippen LogP contribution < -0.4 is 0 Å². The minimum Gasteiger partial charge on any atom is -0.393 e. The molecule has 1 N–H and O–H groups in total. The number of likely N-dealkylation sites (tertiary alicyclic amines) is 1. The molecule has 17 heavy (non-hydrogen) atoms. The predicted octanol–water partition coefficient (Wildman–Crippen LogP) is 2.33. The van der Waals surface area contributed by atoms with Gasteiger partial charge in [0.2, 0.25) is 0 Å². The molecule has 0 amide bonds. The lowest BCUT2D eigenvalue weighted by molar-refractivity contribution is 0.0805. The molecule has 0 aliphatic carbocycles. The zero-order valence-corrected chi connectivity index (χ0v) is 10.8. The third-order valence-corrected chi connectivity index (χ3v) is 5.09. The first-order valence-electron chi connectivity index (χ1n) is 6.45. The first-order chi connectivity index (χ1) is 8.33. The van der Waals surface area contributed by atoms with Gasteiger partial charge < -0.3 is 10.0 Å². The van der Waals surface area contributed by atoms with Crippen molar-refractivity contribution >= 4 is 11.8 Å². The molecule has 0 saturated carbocycles. The second-order valence-electron chi connectivity index (χ2n) is 5.08. The van der Waals surface area contributed by atoms with Crippen LogP contribution in [0.4, 0.5) is 0 Å². The number of piperidine rings is 1. The second kappa shape index (κ2) is 5.01. The van der Waals surface area contributed by atoms with Crippen molar-refractivity contribution in [2.75, 3.05) is 25.4 Å². The van der Waals surface area contributed by atoms with Crippen molar-refractivity contribution in [1.82, 2.24) is 4.90 Å². The van der Waals surface area contributed by atoms with Crippen LogP contribution in [0, 0.1) is 0 Å². The highest BCUT2D eigenvalue weighted by Gasteiger charge is 2.26. The fraction of sp³-hybridized carbons (Fsp3) is 0.571. The molecule has 2 aliphatic heterocycles. The van der Waals surface area contributed by atoms with Crippen molar-refractivity contribution in [2.24, 2.45) is 0 Å². The summed E-state index contributed by atoms with van der Waals surface area (Å²) in [5, 5.41) is 9.51. The molecular weight excluding hydrogens is 230 g/mol. The molecule has 0 radical (unpaired) electrons. The van der Waals surface area contributed by atoms with Crippen LogP contribution in [0.5, 0.6) is 0 Å². The lowest BCUT2D eigenvalue weighted by atomic mass is 9.99. The third kappa shape index (κ3) is 2.51. The number of fused-ring (bicyclic) bond motifs is 1. The molecule has 0 bridgehead atoms. The average Bonchev–Trinajstić information content (AvgIpc) is 2.76. The molecule has 2 heterocycles. The van der Waals surface area contributed by atoms with E-state index in [1.807, 2.05) is 11.8 Å². The number of thioether (sulfide) groups is 1. The maximum Gasteiger partial charge on any atom is 0.0564 e. The van der Waals surface area contributed by atoms with Crippen LogP contribution in [0.15, 0.2) is 29.2 Å². The van der Waals surface area contributed by atoms with Gasteiger partial charge in [-0.1, -0.05) is 18.2 Å². The molecule has 0 spiro atoms. The van der Waals surface area contributed by atoms with Crippen molar-refractivity contribution in [3.8, 4) is 0 Å². The standard InChI is InChI=1S/C14H19NOS/c16-12-5-7-15(8-6-12)9-11-10-17-14-4-2-1-3-13(11)14/h1-4,11-12,16H,5-10H2. The van der Waals surface area contributed by atoms with Gasteiger partial charge in [-0.2, -0.15) is 0 Å². The Morgan fingerprint density at radius 1 is 1.24 bits per heavy atom. The van der Waals surface area contributed by atoms with Crippen molar-refractivity contribution in [3.05, 3.63) is 29.8 Å². The second-order valence-corrected chi connectivity index (χ2v) is 6.14. The van der Waals surface area contributed by atoms with Gasteiger partial charge in [0.25, 0.3) is 0 Å². The molecule has 2 aliphatic rings. The van der Waals surface area contributed by atoms with Crippen LogP contribution in [0.1, 0.15) is 24.3 Å². The Morgan fingerprint density at radius 3 is 2.82 bits per heavy atom. The van der Waals surface area contributed by atoms with Crippen LogP contribution >= 0.6 is 11.8 Å². The molecule has 3 heteroatoms. The van der Waals surface area contributed by atoms with E-state index in [0.29, 0.717) is 5.92 Å². The Kier molecular flexibility index (Phi) is 3.41. The van der Waals surface area contributed by atoms with Crippen LogP contribution in [0.25, 0.3) is 0 Å². The summed E-state index contributed by atoms with van der Waals surface area (Å²) < 4.78 is 0. The molecule has 1 saturated heterocycles. The van der Waals surface area contributed by atoms with Gasteiger partial charge in [-0.3, -0.25) is 0 Å². The van der Waals surface area contributed by atoms with Crippen LogP contribution in [-0.4, -0.2) is 41.5 Å². The van der Waals surface area contributed by atoms with Gasteiger partial charge in [-0.25, -0.2) is 0 Å². The first kappa shape index (κ1) is 11.6. The van der Waals surface area contributed by atoms with E-state index in [4.69, 9.17) is 0 Å². The number of aliphatic hydroxyl groups is 1. The van der Waals surface area contributed by atoms with Gasteiger partial charge in [-0.05, 0) is 24.5 Å². The average molecular weight is 249 g/mol. The molecule has 1 aromatic carbocycles. The molecule has 2 nitrogen and oxygen atoms in total. The molecule has 1 aromatic rings. The number of benzene rings is 1. The highest BCUT2D eigenvalue weighted by Crippen LogP contribution is 2.39. The van der Waals surface area contributed by atoms with Crippen LogP contribution in [0.2, 0.25) is 0 Å². The maximum atomic E-state index is 9.51. The fourth-order valence-electron chi connectivity index (χ4n) is 2.79. The van der Waals surface area contributed by atoms with E-state index >= 15 is 0 Å². The van der Waals surface area contributed by atoms with Gasteiger partial charge in [0.1, 0.15) is 0 Å². The van der Waals surface area contributed by atoms with Crippen molar-refractivity contribution in [3.63, 3.8) is 0 Å². The van der Waals surface area contributed by atoms with E-state index in [9.17, 15) is 5.11 Å². The minimum atomic E-state index is -0.0588. The summed E-state index contributed by atoms with van der Waals surface area (Å²) in [7, 11) is 0. The Morgan fingerprint density at radius 2 is 2.00 bits per heavy atom. The summed E-state index contributed by atoms with van der Waals surface area (Å²) in [5.74, 6) is 1.91. The normalized spacial score (nSPS) is 26.1. The van der Waals surface area contributed by atoms with Crippen molar-refractivity contribution in [1.29, 1.82) is 0 Å². The van der Waals surface area contributed by atoms with Crippen molar-refractivity contribution in [2.45, 2.75) is 29.8 Å². The van der Waals surface area contributed by atoms with E-state index in [0.717, 1.165) is 32.5 Å². The van der Waals surface area contributed by atoms with Gasteiger partial charge in [-0.15, -0.1) is 11.8 Å². The van der Waals surface area contributed by atoms with E-state index < -0.39 is 0 Å². The Labute approximate surface area is 107 Å². The summed E-state index contributed by atoms with van der Waals surface area (Å²) >= 11 is 1.99. The summed E-state index contributed by atoms with van der Waals surface area (Å²) in [6, 6.07) is 8.79. The number of nitrogens with zero attached hydrogens (tertiary/aromatic N) is 1. The smallest absolute Gasteiger partial charge is 0.0564 e. The zero-order chi connectivity index (χ0) is 11.7. The monoisotopic (exact) mass is 249 g/mol. The quantitative estimate of drug-likeness (QED) is 0.870. The molecular formula is C14H19NOS. The predicted molar refractivity (Wildman–Crippen MR) is 71.6 cm³/mol. The molecule has 0 aromatic heterocycles. The Balaban J connectivity index is 1.64. The van der Waals surface area contributed by atoms with Crippen molar-refractivity contribution < 1.29 is 5.11 Å². The highest BCUT2D eigenvalue weighted by atomic mass is 32.2. The summed E-state index contributed by atoms with van der Waals surface area (Å²) in [6.45, 7) is 3.28. The van der Waals surface area contributed by atoms with E-state index in [1.54, 1.807) is 0 Å². The van der Waals surface area contributed by atoms with Gasteiger partial charge in [0.15, 0.2) is 0 Å². The maximum absolute atomic E-state index is 9.51. The number of rotatable bonds is 2. The molecule has 1 fully saturated rings. The molecule has 1 unspecified atom stereocenters. The van der Waals surface area contributed by atoms with Crippen LogP contribution in [-0.2, 0) is 0 Å². The van der Waals surface area contributed by atoms with E-state index in [1.165, 1.54) is 16.2 Å². The summed E-state index contributed by atoms with van der Waals surface area (Å²) in [5.41, 5.74) is 1.53. The van der Waals surface area contributed by atoms with E-state index in [-0.39, 0.29) is 6.10 Å². The number of hydrogen-bond donors (Lipinski definition) is 1. The topological polar surface area (TPSA) is 23.5 Å². The first-order valence-corrected chi connectivity index (χ1v) is 7.43. The number of hydrogen-bond acceptors (Lipinski definition) is 3. The SMILES string of the molecule is OC1CCN(CC2CSc3ccccc32)CC1. The lowest BCUT2D eigenvalue weighted by Crippen LogP contribution is -2.38. The Bertz CT molecular complexity index is 388. The van der Waals surface area contributed by atoms with E-state index in [2.05, 4.69) is 29.2 Å². The Hall–Kier alpha value is -0.510. The minimum absolute atomic E-state index is 0.0588. The van der Waals surface area contributed by atoms with Crippen LogP contribution in [0.3, 0.4) is 0 Å². The van der Waals surface area contributed by atoms with Gasteiger partial charge in [0, 0.05) is 36.2 Å². The summed E-state index contributed by atoms with van der Waals surface area (Å²) in [6.07, 6.45) is 1.83. The van der Waals surface area contributed by atoms with Gasteiger partial charge in [0.05, 0.1) is 6.10 Å². The fourth-order valence-corrected chi connectivity index (χ4v) is 4.04. The molecule has 3 rings (SSSR count). The van der Waals surface area contributed by atoms with Gasteiger partial charge >= 0.3 is 0 Å². The molecule has 1 atom stereocenters. The lowest BCUT2D eigenvalue weighted by Gasteiger charge is -2.31. The molecule has 92 valence electrons. The highest BCUT2D eigenvalue weighted by molar-refractivity contribution is 7.99. The largest absolute Gasteiger partial charge is 0.393 e. The summed E-state index contributed by atoms with van der Waals surface area (Å²) in [4.78, 5) is 3.98.